The number of imide groups is 1. The fourth-order valence-electron chi connectivity index (χ4n) is 4.09. The molecule has 3 amide bonds. The topological polar surface area (TPSA) is 79.4 Å². The van der Waals surface area contributed by atoms with Crippen molar-refractivity contribution >= 4 is 56.5 Å². The van der Waals surface area contributed by atoms with E-state index >= 15 is 0 Å². The van der Waals surface area contributed by atoms with Crippen LogP contribution in [0.15, 0.2) is 64.5 Å². The summed E-state index contributed by atoms with van der Waals surface area (Å²) in [5, 5.41) is -0.456. The number of benzene rings is 2. The Morgan fingerprint density at radius 3 is 2.51 bits per heavy atom. The zero-order valence-electron chi connectivity index (χ0n) is 20.5. The van der Waals surface area contributed by atoms with Gasteiger partial charge >= 0.3 is 0 Å². The third-order valence-electron chi connectivity index (χ3n) is 5.90. The lowest BCUT2D eigenvalue weighted by Gasteiger charge is -2.36. The maximum absolute atomic E-state index is 13.0. The molecule has 0 bridgehead atoms. The van der Waals surface area contributed by atoms with Gasteiger partial charge in [0.25, 0.3) is 11.1 Å². The number of carbonyl (C=O) groups is 3. The molecule has 2 heterocycles. The number of hydrogen-bond donors (Lipinski definition) is 0. The highest BCUT2D eigenvalue weighted by atomic mass is 79.9. The van der Waals surface area contributed by atoms with Crippen molar-refractivity contribution in [1.82, 2.24) is 9.80 Å². The molecule has 0 N–H and O–H groups in total. The number of amides is 3. The molecule has 0 radical (unpaired) electrons. The Morgan fingerprint density at radius 2 is 1.84 bits per heavy atom. The van der Waals surface area contributed by atoms with Gasteiger partial charge in [-0.3, -0.25) is 19.3 Å². The number of para-hydroxylation sites is 1. The van der Waals surface area contributed by atoms with E-state index in [0.717, 1.165) is 22.3 Å². The first-order valence-electron chi connectivity index (χ1n) is 11.9. The van der Waals surface area contributed by atoms with Crippen LogP contribution in [0.25, 0.3) is 6.08 Å². The molecule has 2 fully saturated rings. The Morgan fingerprint density at radius 1 is 1.11 bits per heavy atom. The van der Waals surface area contributed by atoms with Gasteiger partial charge in [0.2, 0.25) is 5.91 Å². The van der Waals surface area contributed by atoms with Crippen LogP contribution in [0.4, 0.5) is 10.5 Å². The van der Waals surface area contributed by atoms with Crippen molar-refractivity contribution in [2.24, 2.45) is 0 Å². The van der Waals surface area contributed by atoms with Gasteiger partial charge in [0, 0.05) is 31.9 Å². The molecule has 8 nitrogen and oxygen atoms in total. The van der Waals surface area contributed by atoms with E-state index in [2.05, 4.69) is 27.4 Å². The van der Waals surface area contributed by atoms with Crippen LogP contribution in [-0.2, 0) is 9.59 Å². The van der Waals surface area contributed by atoms with Crippen molar-refractivity contribution in [3.8, 4) is 11.5 Å². The molecule has 2 aromatic carbocycles. The molecule has 0 unspecified atom stereocenters. The predicted octanol–water partition coefficient (Wildman–Crippen LogP) is 4.80. The molecule has 37 heavy (non-hydrogen) atoms. The van der Waals surface area contributed by atoms with Gasteiger partial charge in [0.1, 0.15) is 13.2 Å². The van der Waals surface area contributed by atoms with Gasteiger partial charge in [-0.2, -0.15) is 0 Å². The molecule has 194 valence electrons. The van der Waals surface area contributed by atoms with Gasteiger partial charge in [-0.1, -0.05) is 30.9 Å². The highest BCUT2D eigenvalue weighted by Gasteiger charge is 2.37. The molecule has 0 spiro atoms. The largest absolute Gasteiger partial charge is 0.490 e. The molecule has 2 saturated heterocycles. The highest BCUT2D eigenvalue weighted by molar-refractivity contribution is 9.10. The minimum atomic E-state index is -0.479. The molecule has 4 rings (SSSR count). The molecule has 2 aliphatic heterocycles. The van der Waals surface area contributed by atoms with Gasteiger partial charge < -0.3 is 19.3 Å². The van der Waals surface area contributed by atoms with Crippen molar-refractivity contribution in [2.45, 2.75) is 6.92 Å². The van der Waals surface area contributed by atoms with Gasteiger partial charge in [-0.25, -0.2) is 0 Å². The SMILES string of the molecule is C=CCOc1c(Br)cc(/C=C2/SC(=O)N(CC(=O)N3CCN(c4ccccc4)CC3)C2=O)cc1OCC. The summed E-state index contributed by atoms with van der Waals surface area (Å²) in [6.45, 7) is 8.46. The maximum Gasteiger partial charge on any atom is 0.294 e. The van der Waals surface area contributed by atoms with Gasteiger partial charge in [0.05, 0.1) is 16.0 Å². The van der Waals surface area contributed by atoms with Crippen LogP contribution in [0.2, 0.25) is 0 Å². The van der Waals surface area contributed by atoms with E-state index in [-0.39, 0.29) is 17.4 Å². The zero-order valence-corrected chi connectivity index (χ0v) is 22.9. The number of nitrogens with zero attached hydrogens (tertiary/aromatic N) is 3. The minimum absolute atomic E-state index is 0.235. The van der Waals surface area contributed by atoms with E-state index in [1.807, 2.05) is 37.3 Å². The van der Waals surface area contributed by atoms with Crippen molar-refractivity contribution < 1.29 is 23.9 Å². The molecule has 0 aromatic heterocycles. The number of thioether (sulfide) groups is 1. The monoisotopic (exact) mass is 585 g/mol. The Bertz CT molecular complexity index is 1210. The Labute approximate surface area is 229 Å². The van der Waals surface area contributed by atoms with Crippen molar-refractivity contribution in [3.63, 3.8) is 0 Å². The third-order valence-corrected chi connectivity index (χ3v) is 7.39. The van der Waals surface area contributed by atoms with E-state index in [4.69, 9.17) is 9.47 Å². The Kier molecular flexibility index (Phi) is 8.94. The van der Waals surface area contributed by atoms with E-state index in [1.165, 1.54) is 0 Å². The summed E-state index contributed by atoms with van der Waals surface area (Å²) in [5.74, 6) is 0.327. The summed E-state index contributed by atoms with van der Waals surface area (Å²) in [5.41, 5.74) is 1.78. The van der Waals surface area contributed by atoms with Gasteiger partial charge in [0.15, 0.2) is 11.5 Å². The van der Waals surface area contributed by atoms with Gasteiger partial charge in [-0.15, -0.1) is 0 Å². The normalized spacial score (nSPS) is 16.9. The summed E-state index contributed by atoms with van der Waals surface area (Å²) in [4.78, 5) is 43.8. The van der Waals surface area contributed by atoms with Crippen LogP contribution in [-0.4, -0.2) is 72.8 Å². The quantitative estimate of drug-likeness (QED) is 0.309. The van der Waals surface area contributed by atoms with E-state index < -0.39 is 11.1 Å². The molecule has 0 saturated carbocycles. The molecular weight excluding hydrogens is 558 g/mol. The fraction of sp³-hybridized carbons (Fsp3) is 0.296. The van der Waals surface area contributed by atoms with E-state index in [1.54, 1.807) is 29.2 Å². The Balaban J connectivity index is 1.42. The number of hydrogen-bond acceptors (Lipinski definition) is 7. The predicted molar refractivity (Wildman–Crippen MR) is 149 cm³/mol. The summed E-state index contributed by atoms with van der Waals surface area (Å²) in [6, 6.07) is 13.6. The second kappa shape index (κ2) is 12.3. The van der Waals surface area contributed by atoms with Crippen molar-refractivity contribution in [3.05, 3.63) is 70.1 Å². The average Bonchev–Trinajstić information content (AvgIpc) is 3.16. The number of carbonyl (C=O) groups excluding carboxylic acids is 3. The molecule has 0 atom stereocenters. The van der Waals surface area contributed by atoms with Crippen molar-refractivity contribution in [2.75, 3.05) is 50.8 Å². The Hall–Kier alpha value is -3.24. The second-order valence-corrected chi connectivity index (χ2v) is 10.2. The summed E-state index contributed by atoms with van der Waals surface area (Å²) in [6.07, 6.45) is 3.26. The minimum Gasteiger partial charge on any atom is -0.490 e. The van der Waals surface area contributed by atoms with Crippen LogP contribution in [0, 0.1) is 0 Å². The smallest absolute Gasteiger partial charge is 0.294 e. The van der Waals surface area contributed by atoms with Gasteiger partial charge in [-0.05, 0) is 70.5 Å². The van der Waals surface area contributed by atoms with Crippen LogP contribution < -0.4 is 14.4 Å². The van der Waals surface area contributed by atoms with Crippen molar-refractivity contribution in [1.29, 1.82) is 0 Å². The second-order valence-electron chi connectivity index (χ2n) is 8.33. The number of piperazine rings is 1. The molecule has 2 aromatic rings. The molecule has 0 aliphatic carbocycles. The lowest BCUT2D eigenvalue weighted by Crippen LogP contribution is -2.51. The lowest BCUT2D eigenvalue weighted by atomic mass is 10.2. The number of anilines is 1. The summed E-state index contributed by atoms with van der Waals surface area (Å²) < 4.78 is 12.0. The molecule has 2 aliphatic rings. The standard InChI is InChI=1S/C27H28BrN3O5S/c1-3-14-36-25-21(28)15-19(16-22(25)35-4-2)17-23-26(33)31(27(34)37-23)18-24(32)30-12-10-29(11-13-30)20-8-6-5-7-9-20/h3,5-9,15-17H,1,4,10-14,18H2,2H3/b23-17+. The summed E-state index contributed by atoms with van der Waals surface area (Å²) in [7, 11) is 0. The molecule has 10 heteroatoms. The van der Waals surface area contributed by atoms with Crippen LogP contribution in [0.1, 0.15) is 12.5 Å². The first-order chi connectivity index (χ1) is 17.9. The fourth-order valence-corrected chi connectivity index (χ4v) is 5.50. The first-order valence-corrected chi connectivity index (χ1v) is 13.6. The average molecular weight is 587 g/mol. The first kappa shape index (κ1) is 26.8. The third kappa shape index (κ3) is 6.37. The highest BCUT2D eigenvalue weighted by Crippen LogP contribution is 2.39. The molecular formula is C27H28BrN3O5S. The van der Waals surface area contributed by atoms with Crippen LogP contribution >= 0.6 is 27.7 Å². The summed E-state index contributed by atoms with van der Waals surface area (Å²) >= 11 is 4.32. The van der Waals surface area contributed by atoms with Crippen LogP contribution in [0.3, 0.4) is 0 Å². The number of ether oxygens (including phenoxy) is 2. The van der Waals surface area contributed by atoms with Crippen LogP contribution in [0.5, 0.6) is 11.5 Å². The van der Waals surface area contributed by atoms with E-state index in [9.17, 15) is 14.4 Å². The van der Waals surface area contributed by atoms with E-state index in [0.29, 0.717) is 60.9 Å². The lowest BCUT2D eigenvalue weighted by molar-refractivity contribution is -0.136. The zero-order chi connectivity index (χ0) is 26.4. The maximum atomic E-state index is 13.0. The number of halogens is 1. The number of rotatable bonds is 9.